The van der Waals surface area contributed by atoms with Gasteiger partial charge in [0.15, 0.2) is 0 Å². The van der Waals surface area contributed by atoms with Gasteiger partial charge in [-0.3, -0.25) is 4.90 Å². The van der Waals surface area contributed by atoms with Crippen LogP contribution in [0, 0.1) is 5.92 Å². The third-order valence-corrected chi connectivity index (χ3v) is 6.46. The molecule has 29 heavy (non-hydrogen) atoms. The smallest absolute Gasteiger partial charge is 0.410 e. The SMILES string of the molecule is CC(C)(C)OC(=O)N1CCN(C2CCC(COc3ccc(Br)cc3Cl)CC2)CC1. The Morgan fingerprint density at radius 2 is 1.79 bits per heavy atom. The van der Waals surface area contributed by atoms with E-state index in [1.54, 1.807) is 0 Å². The molecule has 3 rings (SSSR count). The van der Waals surface area contributed by atoms with Gasteiger partial charge in [0, 0.05) is 36.7 Å². The van der Waals surface area contributed by atoms with E-state index >= 15 is 0 Å². The van der Waals surface area contributed by atoms with E-state index in [0.29, 0.717) is 17.0 Å². The molecule has 1 aromatic rings. The number of rotatable bonds is 4. The topological polar surface area (TPSA) is 42.0 Å². The van der Waals surface area contributed by atoms with Crippen LogP contribution in [0.4, 0.5) is 4.79 Å². The molecule has 162 valence electrons. The van der Waals surface area contributed by atoms with Gasteiger partial charge in [-0.25, -0.2) is 4.79 Å². The van der Waals surface area contributed by atoms with Crippen LogP contribution in [0.1, 0.15) is 46.5 Å². The van der Waals surface area contributed by atoms with E-state index in [4.69, 9.17) is 21.1 Å². The second-order valence-electron chi connectivity index (χ2n) is 9.06. The third-order valence-electron chi connectivity index (χ3n) is 5.67. The first-order chi connectivity index (χ1) is 13.7. The molecule has 1 aliphatic carbocycles. The molecule has 0 radical (unpaired) electrons. The fourth-order valence-corrected chi connectivity index (χ4v) is 4.80. The summed E-state index contributed by atoms with van der Waals surface area (Å²) >= 11 is 9.66. The summed E-state index contributed by atoms with van der Waals surface area (Å²) in [5.74, 6) is 1.34. The van der Waals surface area contributed by atoms with Crippen molar-refractivity contribution in [1.82, 2.24) is 9.80 Å². The first kappa shape index (κ1) is 22.7. The Balaban J connectivity index is 1.38. The molecule has 1 aromatic carbocycles. The summed E-state index contributed by atoms with van der Waals surface area (Å²) in [4.78, 5) is 16.6. The minimum atomic E-state index is -0.435. The van der Waals surface area contributed by atoms with Crippen molar-refractivity contribution in [2.24, 2.45) is 5.92 Å². The van der Waals surface area contributed by atoms with Gasteiger partial charge in [0.05, 0.1) is 11.6 Å². The van der Waals surface area contributed by atoms with Crippen LogP contribution in [0.25, 0.3) is 0 Å². The maximum absolute atomic E-state index is 12.2. The molecule has 0 unspecified atom stereocenters. The number of amides is 1. The molecule has 0 aromatic heterocycles. The molecule has 2 aliphatic rings. The molecule has 0 spiro atoms. The molecule has 5 nitrogen and oxygen atoms in total. The van der Waals surface area contributed by atoms with Crippen molar-refractivity contribution >= 4 is 33.6 Å². The summed E-state index contributed by atoms with van der Waals surface area (Å²) in [6, 6.07) is 6.35. The second-order valence-corrected chi connectivity index (χ2v) is 10.4. The van der Waals surface area contributed by atoms with E-state index in [1.165, 1.54) is 25.7 Å². The summed E-state index contributed by atoms with van der Waals surface area (Å²) in [5.41, 5.74) is -0.435. The quantitative estimate of drug-likeness (QED) is 0.555. The number of carbonyl (C=O) groups is 1. The zero-order chi connectivity index (χ0) is 21.0. The summed E-state index contributed by atoms with van der Waals surface area (Å²) in [5, 5.41) is 0.649. The Hall–Kier alpha value is -0.980. The van der Waals surface area contributed by atoms with Crippen molar-refractivity contribution in [1.29, 1.82) is 0 Å². The maximum atomic E-state index is 12.2. The first-order valence-electron chi connectivity index (χ1n) is 10.5. The zero-order valence-corrected chi connectivity index (χ0v) is 20.0. The van der Waals surface area contributed by atoms with Crippen molar-refractivity contribution in [3.05, 3.63) is 27.7 Å². The highest BCUT2D eigenvalue weighted by atomic mass is 79.9. The lowest BCUT2D eigenvalue weighted by Gasteiger charge is -2.42. The number of hydrogen-bond donors (Lipinski definition) is 0. The number of ether oxygens (including phenoxy) is 2. The predicted molar refractivity (Wildman–Crippen MR) is 120 cm³/mol. The monoisotopic (exact) mass is 486 g/mol. The Morgan fingerprint density at radius 3 is 2.38 bits per heavy atom. The number of hydrogen-bond acceptors (Lipinski definition) is 4. The predicted octanol–water partition coefficient (Wildman–Crippen LogP) is 5.59. The van der Waals surface area contributed by atoms with Crippen LogP contribution < -0.4 is 4.74 Å². The molecular formula is C22H32BrClN2O3. The van der Waals surface area contributed by atoms with E-state index in [2.05, 4.69) is 20.8 Å². The van der Waals surface area contributed by atoms with E-state index in [-0.39, 0.29) is 6.09 Å². The maximum Gasteiger partial charge on any atom is 0.410 e. The van der Waals surface area contributed by atoms with Gasteiger partial charge in [0.2, 0.25) is 0 Å². The van der Waals surface area contributed by atoms with Crippen LogP contribution in [0.15, 0.2) is 22.7 Å². The van der Waals surface area contributed by atoms with Gasteiger partial charge in [0.1, 0.15) is 11.4 Å². The highest BCUT2D eigenvalue weighted by molar-refractivity contribution is 9.10. The van der Waals surface area contributed by atoms with Gasteiger partial charge in [-0.1, -0.05) is 27.5 Å². The summed E-state index contributed by atoms with van der Waals surface area (Å²) in [7, 11) is 0. The molecule has 0 bridgehead atoms. The molecule has 0 atom stereocenters. The molecule has 1 heterocycles. The number of carbonyl (C=O) groups excluding carboxylic acids is 1. The van der Waals surface area contributed by atoms with Gasteiger partial charge in [-0.05, 0) is 70.6 Å². The Bertz CT molecular complexity index is 694. The van der Waals surface area contributed by atoms with Crippen LogP contribution in [-0.4, -0.2) is 60.3 Å². The minimum Gasteiger partial charge on any atom is -0.492 e. The summed E-state index contributed by atoms with van der Waals surface area (Å²) in [6.45, 7) is 9.82. The largest absolute Gasteiger partial charge is 0.492 e. The zero-order valence-electron chi connectivity index (χ0n) is 17.6. The van der Waals surface area contributed by atoms with E-state index in [0.717, 1.165) is 43.0 Å². The molecule has 1 saturated carbocycles. The molecule has 7 heteroatoms. The van der Waals surface area contributed by atoms with Crippen LogP contribution in [0.5, 0.6) is 5.75 Å². The van der Waals surface area contributed by atoms with Crippen LogP contribution in [0.3, 0.4) is 0 Å². The first-order valence-corrected chi connectivity index (χ1v) is 11.7. The highest BCUT2D eigenvalue weighted by Gasteiger charge is 2.31. The van der Waals surface area contributed by atoms with Crippen molar-refractivity contribution in [2.75, 3.05) is 32.8 Å². The standard InChI is InChI=1S/C22H32BrClN2O3/c1-22(2,3)29-21(27)26-12-10-25(11-13-26)18-7-4-16(5-8-18)15-28-20-9-6-17(23)14-19(20)24/h6,9,14,16,18H,4-5,7-8,10-13,15H2,1-3H3. The number of nitrogens with zero attached hydrogens (tertiary/aromatic N) is 2. The third kappa shape index (κ3) is 6.76. The van der Waals surface area contributed by atoms with E-state index in [9.17, 15) is 4.79 Å². The van der Waals surface area contributed by atoms with Crippen molar-refractivity contribution in [3.63, 3.8) is 0 Å². The fourth-order valence-electron chi connectivity index (χ4n) is 4.07. The highest BCUT2D eigenvalue weighted by Crippen LogP contribution is 2.32. The molecule has 1 saturated heterocycles. The number of piperazine rings is 1. The summed E-state index contributed by atoms with van der Waals surface area (Å²) < 4.78 is 12.4. The lowest BCUT2D eigenvalue weighted by atomic mass is 9.85. The van der Waals surface area contributed by atoms with Gasteiger partial charge in [-0.15, -0.1) is 0 Å². The average molecular weight is 488 g/mol. The molecule has 1 amide bonds. The van der Waals surface area contributed by atoms with Gasteiger partial charge in [0.25, 0.3) is 0 Å². The molecular weight excluding hydrogens is 456 g/mol. The van der Waals surface area contributed by atoms with Gasteiger partial charge in [-0.2, -0.15) is 0 Å². The Kier molecular flexibility index (Phi) is 7.74. The lowest BCUT2D eigenvalue weighted by Crippen LogP contribution is -2.53. The van der Waals surface area contributed by atoms with E-state index in [1.807, 2.05) is 43.9 Å². The average Bonchev–Trinajstić information content (AvgIpc) is 2.66. The van der Waals surface area contributed by atoms with Crippen LogP contribution in [-0.2, 0) is 4.74 Å². The second kappa shape index (κ2) is 9.88. The molecule has 1 aliphatic heterocycles. The fraction of sp³-hybridized carbons (Fsp3) is 0.682. The number of halogens is 2. The molecule has 2 fully saturated rings. The van der Waals surface area contributed by atoms with Gasteiger partial charge >= 0.3 is 6.09 Å². The number of benzene rings is 1. The summed E-state index contributed by atoms with van der Waals surface area (Å²) in [6.07, 6.45) is 4.53. The van der Waals surface area contributed by atoms with E-state index < -0.39 is 5.60 Å². The van der Waals surface area contributed by atoms with Crippen molar-refractivity contribution in [3.8, 4) is 5.75 Å². The lowest BCUT2D eigenvalue weighted by molar-refractivity contribution is 0.00654. The Labute approximate surface area is 187 Å². The molecule has 0 N–H and O–H groups in total. The normalized spacial score (nSPS) is 23.7. The Morgan fingerprint density at radius 1 is 1.14 bits per heavy atom. The van der Waals surface area contributed by atoms with Crippen molar-refractivity contribution in [2.45, 2.75) is 58.1 Å². The minimum absolute atomic E-state index is 0.190. The van der Waals surface area contributed by atoms with Crippen LogP contribution >= 0.6 is 27.5 Å². The van der Waals surface area contributed by atoms with Crippen LogP contribution in [0.2, 0.25) is 5.02 Å². The van der Waals surface area contributed by atoms with Crippen molar-refractivity contribution < 1.29 is 14.3 Å². The van der Waals surface area contributed by atoms with Gasteiger partial charge < -0.3 is 14.4 Å².